The zero-order valence-electron chi connectivity index (χ0n) is 13.8. The molecule has 0 amide bonds. The zero-order valence-corrected chi connectivity index (χ0v) is 14.6. The molecule has 0 spiro atoms. The SMILES string of the molecule is CC(C)(C)c1ccc(-c2nc(Cc3c(F)cccc3Cl)no2)cc1. The normalized spacial score (nSPS) is 11.7. The van der Waals surface area contributed by atoms with Gasteiger partial charge in [0.05, 0.1) is 0 Å². The minimum absolute atomic E-state index is 0.0835. The quantitative estimate of drug-likeness (QED) is 0.637. The van der Waals surface area contributed by atoms with E-state index in [1.165, 1.54) is 11.6 Å². The van der Waals surface area contributed by atoms with Gasteiger partial charge in [0.1, 0.15) is 5.82 Å². The summed E-state index contributed by atoms with van der Waals surface area (Å²) >= 11 is 6.04. The average molecular weight is 345 g/mol. The van der Waals surface area contributed by atoms with Crippen molar-refractivity contribution in [3.63, 3.8) is 0 Å². The molecule has 3 aromatic rings. The first-order valence-electron chi connectivity index (χ1n) is 7.71. The second-order valence-electron chi connectivity index (χ2n) is 6.72. The second-order valence-corrected chi connectivity index (χ2v) is 7.13. The first-order valence-corrected chi connectivity index (χ1v) is 8.09. The van der Waals surface area contributed by atoms with E-state index in [-0.39, 0.29) is 17.7 Å². The van der Waals surface area contributed by atoms with Gasteiger partial charge in [-0.25, -0.2) is 4.39 Å². The second kappa shape index (κ2) is 6.36. The Morgan fingerprint density at radius 3 is 2.42 bits per heavy atom. The van der Waals surface area contributed by atoms with Gasteiger partial charge in [-0.1, -0.05) is 55.7 Å². The Hall–Kier alpha value is -2.20. The number of benzene rings is 2. The highest BCUT2D eigenvalue weighted by molar-refractivity contribution is 6.31. The van der Waals surface area contributed by atoms with Crippen molar-refractivity contribution in [2.24, 2.45) is 0 Å². The van der Waals surface area contributed by atoms with E-state index >= 15 is 0 Å². The minimum atomic E-state index is -0.372. The van der Waals surface area contributed by atoms with Crippen LogP contribution in [0, 0.1) is 5.82 Å². The van der Waals surface area contributed by atoms with E-state index in [1.54, 1.807) is 12.1 Å². The molecule has 5 heteroatoms. The molecular weight excluding hydrogens is 327 g/mol. The molecule has 1 aromatic heterocycles. The minimum Gasteiger partial charge on any atom is -0.334 e. The molecule has 0 N–H and O–H groups in total. The van der Waals surface area contributed by atoms with Crippen LogP contribution in [0.4, 0.5) is 4.39 Å². The van der Waals surface area contributed by atoms with E-state index in [1.807, 2.05) is 24.3 Å². The molecule has 0 saturated heterocycles. The molecule has 0 aliphatic rings. The Morgan fingerprint density at radius 1 is 1.08 bits per heavy atom. The lowest BCUT2D eigenvalue weighted by Crippen LogP contribution is -2.10. The van der Waals surface area contributed by atoms with E-state index in [2.05, 4.69) is 30.9 Å². The highest BCUT2D eigenvalue weighted by atomic mass is 35.5. The Balaban J connectivity index is 1.83. The summed E-state index contributed by atoms with van der Waals surface area (Å²) in [7, 11) is 0. The smallest absolute Gasteiger partial charge is 0.257 e. The van der Waals surface area contributed by atoms with Crippen molar-refractivity contribution in [3.8, 4) is 11.5 Å². The van der Waals surface area contributed by atoms with E-state index in [0.29, 0.717) is 22.3 Å². The van der Waals surface area contributed by atoms with Gasteiger partial charge in [-0.2, -0.15) is 4.98 Å². The van der Waals surface area contributed by atoms with Crippen LogP contribution < -0.4 is 0 Å². The van der Waals surface area contributed by atoms with Gasteiger partial charge in [-0.15, -0.1) is 0 Å². The topological polar surface area (TPSA) is 38.9 Å². The Labute approximate surface area is 145 Å². The van der Waals surface area contributed by atoms with Gasteiger partial charge >= 0.3 is 0 Å². The van der Waals surface area contributed by atoms with Crippen LogP contribution in [0.25, 0.3) is 11.5 Å². The summed E-state index contributed by atoms with van der Waals surface area (Å²) in [5, 5.41) is 4.29. The average Bonchev–Trinajstić information content (AvgIpc) is 2.99. The highest BCUT2D eigenvalue weighted by Gasteiger charge is 2.16. The lowest BCUT2D eigenvalue weighted by Gasteiger charge is -2.18. The summed E-state index contributed by atoms with van der Waals surface area (Å²) in [6.07, 6.45) is 0.190. The van der Waals surface area contributed by atoms with Crippen LogP contribution in [0.1, 0.15) is 37.7 Å². The van der Waals surface area contributed by atoms with Crippen LogP contribution >= 0.6 is 11.6 Å². The fourth-order valence-corrected chi connectivity index (χ4v) is 2.64. The molecular formula is C19H18ClFN2O. The Bertz CT molecular complexity index is 830. The van der Waals surface area contributed by atoms with Crippen LogP contribution in [0.3, 0.4) is 0 Å². The molecule has 0 bridgehead atoms. The lowest BCUT2D eigenvalue weighted by atomic mass is 9.87. The van der Waals surface area contributed by atoms with Crippen molar-refractivity contribution < 1.29 is 8.91 Å². The van der Waals surface area contributed by atoms with Crippen LogP contribution in [0.5, 0.6) is 0 Å². The summed E-state index contributed by atoms with van der Waals surface area (Å²) in [6, 6.07) is 12.6. The molecule has 0 fully saturated rings. The number of hydrogen-bond donors (Lipinski definition) is 0. The lowest BCUT2D eigenvalue weighted by molar-refractivity contribution is 0.423. The predicted molar refractivity (Wildman–Crippen MR) is 92.7 cm³/mol. The summed E-state index contributed by atoms with van der Waals surface area (Å²) < 4.78 is 19.2. The molecule has 0 unspecified atom stereocenters. The summed E-state index contributed by atoms with van der Waals surface area (Å²) in [5.41, 5.74) is 2.51. The molecule has 2 aromatic carbocycles. The van der Waals surface area contributed by atoms with Gasteiger partial charge in [-0.3, -0.25) is 0 Å². The number of nitrogens with zero attached hydrogens (tertiary/aromatic N) is 2. The molecule has 3 nitrogen and oxygen atoms in total. The summed E-state index contributed by atoms with van der Waals surface area (Å²) in [5.74, 6) is 0.443. The summed E-state index contributed by atoms with van der Waals surface area (Å²) in [6.45, 7) is 6.47. The van der Waals surface area contributed by atoms with Crippen LogP contribution in [0.15, 0.2) is 47.0 Å². The van der Waals surface area contributed by atoms with Crippen LogP contribution in [-0.4, -0.2) is 10.1 Å². The maximum absolute atomic E-state index is 13.9. The number of hydrogen-bond acceptors (Lipinski definition) is 3. The van der Waals surface area contributed by atoms with Gasteiger partial charge in [0.15, 0.2) is 5.82 Å². The molecule has 0 aliphatic heterocycles. The third-order valence-electron chi connectivity index (χ3n) is 3.86. The fraction of sp³-hybridized carbons (Fsp3) is 0.263. The van der Waals surface area contributed by atoms with Crippen LogP contribution in [0.2, 0.25) is 5.02 Å². The first kappa shape index (κ1) is 16.7. The Kier molecular flexibility index (Phi) is 4.41. The molecule has 0 saturated carbocycles. The molecule has 0 aliphatic carbocycles. The third-order valence-corrected chi connectivity index (χ3v) is 4.22. The van der Waals surface area contributed by atoms with Gasteiger partial charge in [0, 0.05) is 22.6 Å². The molecule has 24 heavy (non-hydrogen) atoms. The molecule has 3 rings (SSSR count). The molecule has 124 valence electrons. The Morgan fingerprint density at radius 2 is 1.79 bits per heavy atom. The van der Waals surface area contributed by atoms with Crippen molar-refractivity contribution in [2.75, 3.05) is 0 Å². The van der Waals surface area contributed by atoms with Gasteiger partial charge in [0.25, 0.3) is 5.89 Å². The van der Waals surface area contributed by atoms with Crippen molar-refractivity contribution >= 4 is 11.6 Å². The largest absolute Gasteiger partial charge is 0.334 e. The zero-order chi connectivity index (χ0) is 17.3. The van der Waals surface area contributed by atoms with E-state index in [0.717, 1.165) is 5.56 Å². The van der Waals surface area contributed by atoms with Crippen molar-refractivity contribution in [3.05, 3.63) is 70.3 Å². The van der Waals surface area contributed by atoms with E-state index in [4.69, 9.17) is 16.1 Å². The van der Waals surface area contributed by atoms with Crippen molar-refractivity contribution in [1.82, 2.24) is 10.1 Å². The van der Waals surface area contributed by atoms with Gasteiger partial charge < -0.3 is 4.52 Å². The van der Waals surface area contributed by atoms with Gasteiger partial charge in [0.2, 0.25) is 0 Å². The summed E-state index contributed by atoms with van der Waals surface area (Å²) in [4.78, 5) is 4.35. The van der Waals surface area contributed by atoms with Crippen molar-refractivity contribution in [2.45, 2.75) is 32.6 Å². The third kappa shape index (κ3) is 3.49. The standard InChI is InChI=1S/C19H18ClFN2O/c1-19(2,3)13-9-7-12(8-10-13)18-22-17(23-24-18)11-14-15(20)5-4-6-16(14)21/h4-10H,11H2,1-3H3. The van der Waals surface area contributed by atoms with Crippen LogP contribution in [-0.2, 0) is 11.8 Å². The molecule has 0 atom stereocenters. The van der Waals surface area contributed by atoms with Gasteiger partial charge in [-0.05, 0) is 35.2 Å². The van der Waals surface area contributed by atoms with E-state index in [9.17, 15) is 4.39 Å². The number of rotatable bonds is 3. The number of halogens is 2. The molecule has 1 heterocycles. The maximum atomic E-state index is 13.9. The fourth-order valence-electron chi connectivity index (χ4n) is 2.42. The monoisotopic (exact) mass is 344 g/mol. The maximum Gasteiger partial charge on any atom is 0.257 e. The predicted octanol–water partition coefficient (Wildman–Crippen LogP) is 5.42. The highest BCUT2D eigenvalue weighted by Crippen LogP contribution is 2.26. The van der Waals surface area contributed by atoms with Crippen molar-refractivity contribution in [1.29, 1.82) is 0 Å². The first-order chi connectivity index (χ1) is 11.3. The molecule has 0 radical (unpaired) electrons. The van der Waals surface area contributed by atoms with E-state index < -0.39 is 0 Å². The number of aromatic nitrogens is 2.